The van der Waals surface area contributed by atoms with Crippen LogP contribution in [0.15, 0.2) is 11.6 Å². The molecule has 0 saturated carbocycles. The van der Waals surface area contributed by atoms with Crippen molar-refractivity contribution in [2.24, 2.45) is 5.92 Å². The van der Waals surface area contributed by atoms with Crippen molar-refractivity contribution in [3.8, 4) is 10.6 Å². The van der Waals surface area contributed by atoms with Crippen molar-refractivity contribution in [2.75, 3.05) is 29.9 Å². The van der Waals surface area contributed by atoms with Gasteiger partial charge >= 0.3 is 0 Å². The van der Waals surface area contributed by atoms with Crippen LogP contribution in [0.25, 0.3) is 10.6 Å². The highest BCUT2D eigenvalue weighted by atomic mass is 32.1. The minimum absolute atomic E-state index is 0.774. The van der Waals surface area contributed by atoms with Crippen LogP contribution in [0.4, 0.5) is 10.3 Å². The average Bonchev–Trinajstić information content (AvgIpc) is 3.07. The molecule has 1 unspecified atom stereocenters. The van der Waals surface area contributed by atoms with E-state index in [1.54, 1.807) is 22.7 Å². The molecule has 0 bridgehead atoms. The Hall–Kier alpha value is -1.14. The predicted octanol–water partition coefficient (Wildman–Crippen LogP) is 3.93. The topological polar surface area (TPSA) is 41.1 Å². The molecule has 3 heterocycles. The van der Waals surface area contributed by atoms with Crippen LogP contribution in [0.5, 0.6) is 0 Å². The second-order valence-electron chi connectivity index (χ2n) is 5.27. The molecule has 3 rings (SSSR count). The predicted molar refractivity (Wildman–Crippen MR) is 88.0 cm³/mol. The van der Waals surface area contributed by atoms with E-state index in [0.29, 0.717) is 0 Å². The van der Waals surface area contributed by atoms with E-state index in [1.165, 1.54) is 17.7 Å². The minimum Gasteiger partial charge on any atom is -0.362 e. The van der Waals surface area contributed by atoms with Gasteiger partial charge in [-0.3, -0.25) is 0 Å². The fourth-order valence-corrected chi connectivity index (χ4v) is 4.28. The van der Waals surface area contributed by atoms with Crippen LogP contribution < -0.4 is 10.2 Å². The van der Waals surface area contributed by atoms with E-state index in [1.807, 2.05) is 6.20 Å². The van der Waals surface area contributed by atoms with Crippen LogP contribution in [0.2, 0.25) is 0 Å². The number of thiazole rings is 2. The van der Waals surface area contributed by atoms with Gasteiger partial charge in [0.05, 0.1) is 10.6 Å². The quantitative estimate of drug-likeness (QED) is 0.929. The Labute approximate surface area is 127 Å². The molecular weight excluding hydrogens is 288 g/mol. The smallest absolute Gasteiger partial charge is 0.185 e. The highest BCUT2D eigenvalue weighted by Crippen LogP contribution is 2.34. The summed E-state index contributed by atoms with van der Waals surface area (Å²) in [6, 6.07) is 0. The van der Waals surface area contributed by atoms with Gasteiger partial charge in [0.25, 0.3) is 0 Å². The van der Waals surface area contributed by atoms with Crippen molar-refractivity contribution in [1.82, 2.24) is 9.97 Å². The lowest BCUT2D eigenvalue weighted by Crippen LogP contribution is -2.34. The second kappa shape index (κ2) is 6.10. The number of nitrogens with one attached hydrogen (secondary N) is 1. The fraction of sp³-hybridized carbons (Fsp3) is 0.571. The molecule has 0 aromatic carbocycles. The standard InChI is InChI=1S/C14H20N4S2/c1-3-15-13-17-11(9-19-13)12-7-16-14(20-12)18-6-4-5-10(2)8-18/h7,9-10H,3-6,8H2,1-2H3,(H,15,17). The van der Waals surface area contributed by atoms with Crippen molar-refractivity contribution >= 4 is 32.9 Å². The van der Waals surface area contributed by atoms with Gasteiger partial charge in [0, 0.05) is 31.2 Å². The third-order valence-electron chi connectivity index (χ3n) is 3.51. The van der Waals surface area contributed by atoms with Gasteiger partial charge in [-0.2, -0.15) is 0 Å². The second-order valence-corrected chi connectivity index (χ2v) is 7.14. The van der Waals surface area contributed by atoms with Gasteiger partial charge in [0.2, 0.25) is 0 Å². The van der Waals surface area contributed by atoms with Crippen LogP contribution in [0.1, 0.15) is 26.7 Å². The van der Waals surface area contributed by atoms with E-state index in [2.05, 4.69) is 39.4 Å². The Bertz CT molecular complexity index is 563. The van der Waals surface area contributed by atoms with Gasteiger partial charge in [-0.05, 0) is 25.7 Å². The van der Waals surface area contributed by atoms with Gasteiger partial charge < -0.3 is 10.2 Å². The number of piperidine rings is 1. The van der Waals surface area contributed by atoms with E-state index < -0.39 is 0 Å². The van der Waals surface area contributed by atoms with E-state index in [-0.39, 0.29) is 0 Å². The summed E-state index contributed by atoms with van der Waals surface area (Å²) >= 11 is 3.41. The summed E-state index contributed by atoms with van der Waals surface area (Å²) in [7, 11) is 0. The summed E-state index contributed by atoms with van der Waals surface area (Å²) < 4.78 is 0. The normalized spacial score (nSPS) is 19.3. The SMILES string of the molecule is CCNc1nc(-c2cnc(N3CCCC(C)C3)s2)cs1. The number of anilines is 2. The van der Waals surface area contributed by atoms with E-state index in [9.17, 15) is 0 Å². The summed E-state index contributed by atoms with van der Waals surface area (Å²) in [6.45, 7) is 7.59. The average molecular weight is 308 g/mol. The van der Waals surface area contributed by atoms with Gasteiger partial charge in [-0.15, -0.1) is 11.3 Å². The summed E-state index contributed by atoms with van der Waals surface area (Å²) in [6.07, 6.45) is 4.58. The lowest BCUT2D eigenvalue weighted by atomic mass is 10.0. The number of aromatic nitrogens is 2. The molecule has 1 aliphatic heterocycles. The maximum absolute atomic E-state index is 4.60. The Morgan fingerprint density at radius 1 is 1.50 bits per heavy atom. The van der Waals surface area contributed by atoms with E-state index >= 15 is 0 Å². The van der Waals surface area contributed by atoms with Crippen molar-refractivity contribution in [3.63, 3.8) is 0 Å². The maximum Gasteiger partial charge on any atom is 0.185 e. The Balaban J connectivity index is 1.75. The third kappa shape index (κ3) is 2.96. The van der Waals surface area contributed by atoms with Crippen LogP contribution in [0.3, 0.4) is 0 Å². The molecule has 1 fully saturated rings. The fourth-order valence-electron chi connectivity index (χ4n) is 2.51. The molecule has 20 heavy (non-hydrogen) atoms. The lowest BCUT2D eigenvalue weighted by Gasteiger charge is -2.30. The minimum atomic E-state index is 0.774. The molecule has 2 aromatic heterocycles. The Kier molecular flexibility index (Phi) is 4.21. The number of hydrogen-bond donors (Lipinski definition) is 1. The first-order chi connectivity index (χ1) is 9.76. The van der Waals surface area contributed by atoms with Crippen molar-refractivity contribution in [1.29, 1.82) is 0 Å². The first-order valence-electron chi connectivity index (χ1n) is 7.17. The van der Waals surface area contributed by atoms with E-state index in [4.69, 9.17) is 0 Å². The molecule has 0 aliphatic carbocycles. The summed E-state index contributed by atoms with van der Waals surface area (Å²) in [5.41, 5.74) is 1.04. The largest absolute Gasteiger partial charge is 0.362 e. The highest BCUT2D eigenvalue weighted by molar-refractivity contribution is 7.19. The highest BCUT2D eigenvalue weighted by Gasteiger charge is 2.19. The van der Waals surface area contributed by atoms with Crippen molar-refractivity contribution < 1.29 is 0 Å². The summed E-state index contributed by atoms with van der Waals surface area (Å²) in [5.74, 6) is 0.774. The first kappa shape index (κ1) is 13.8. The molecule has 1 saturated heterocycles. The van der Waals surface area contributed by atoms with Crippen LogP contribution in [-0.4, -0.2) is 29.6 Å². The number of hydrogen-bond acceptors (Lipinski definition) is 6. The van der Waals surface area contributed by atoms with Crippen molar-refractivity contribution in [3.05, 3.63) is 11.6 Å². The molecule has 6 heteroatoms. The molecule has 108 valence electrons. The van der Waals surface area contributed by atoms with Crippen molar-refractivity contribution in [2.45, 2.75) is 26.7 Å². The Morgan fingerprint density at radius 3 is 3.20 bits per heavy atom. The summed E-state index contributed by atoms with van der Waals surface area (Å²) in [5, 5.41) is 7.49. The first-order valence-corrected chi connectivity index (χ1v) is 8.86. The zero-order valence-corrected chi connectivity index (χ0v) is 13.6. The zero-order valence-electron chi connectivity index (χ0n) is 11.9. The number of nitrogens with zero attached hydrogens (tertiary/aromatic N) is 3. The maximum atomic E-state index is 4.60. The Morgan fingerprint density at radius 2 is 2.40 bits per heavy atom. The molecule has 0 amide bonds. The molecule has 0 spiro atoms. The zero-order chi connectivity index (χ0) is 13.9. The third-order valence-corrected chi connectivity index (χ3v) is 5.39. The molecule has 0 radical (unpaired) electrons. The molecule has 1 atom stereocenters. The monoisotopic (exact) mass is 308 g/mol. The number of rotatable bonds is 4. The van der Waals surface area contributed by atoms with Crippen LogP contribution in [-0.2, 0) is 0 Å². The molecule has 1 aliphatic rings. The van der Waals surface area contributed by atoms with Gasteiger partial charge in [0.15, 0.2) is 10.3 Å². The molecule has 2 aromatic rings. The van der Waals surface area contributed by atoms with Gasteiger partial charge in [-0.25, -0.2) is 9.97 Å². The lowest BCUT2D eigenvalue weighted by molar-refractivity contribution is 0.446. The van der Waals surface area contributed by atoms with Gasteiger partial charge in [0.1, 0.15) is 0 Å². The van der Waals surface area contributed by atoms with Crippen LogP contribution in [0, 0.1) is 5.92 Å². The summed E-state index contributed by atoms with van der Waals surface area (Å²) in [4.78, 5) is 12.8. The molecule has 4 nitrogen and oxygen atoms in total. The van der Waals surface area contributed by atoms with Gasteiger partial charge in [-0.1, -0.05) is 18.3 Å². The van der Waals surface area contributed by atoms with Crippen LogP contribution >= 0.6 is 22.7 Å². The molecular formula is C14H20N4S2. The molecule has 1 N–H and O–H groups in total. The van der Waals surface area contributed by atoms with E-state index in [0.717, 1.165) is 41.5 Å².